The van der Waals surface area contributed by atoms with E-state index in [1.54, 1.807) is 13.8 Å². The third-order valence-electron chi connectivity index (χ3n) is 4.51. The number of nitrogens with one attached hydrogen (secondary N) is 1. The van der Waals surface area contributed by atoms with Gasteiger partial charge in [0.05, 0.1) is 6.10 Å². The zero-order chi connectivity index (χ0) is 19.2. The van der Waals surface area contributed by atoms with Crippen LogP contribution in [0.4, 0.5) is 0 Å². The van der Waals surface area contributed by atoms with Crippen LogP contribution in [0.2, 0.25) is 0 Å². The standard InChI is InChI=1S/C16H25N2O6P/c1-9-7-18(15(20)17-14(9)19)12-6-11(16(3,4)5)13(24-12)10(2)8-25(21,22)23/h7-8,11-13H,6H2,1-5H3,(H,17,19,20)(H2,21,22,23)/b10-8+/t11?,12-,13-/m1/s1. The van der Waals surface area contributed by atoms with Gasteiger partial charge in [0.1, 0.15) is 6.23 Å². The molecular formula is C16H25N2O6P. The van der Waals surface area contributed by atoms with Crippen molar-refractivity contribution in [3.63, 3.8) is 0 Å². The van der Waals surface area contributed by atoms with Crippen molar-refractivity contribution >= 4 is 7.60 Å². The van der Waals surface area contributed by atoms with Gasteiger partial charge in [-0.05, 0) is 37.2 Å². The van der Waals surface area contributed by atoms with Crippen molar-refractivity contribution in [2.75, 3.05) is 0 Å². The Morgan fingerprint density at radius 2 is 2.00 bits per heavy atom. The van der Waals surface area contributed by atoms with E-state index in [-0.39, 0.29) is 11.3 Å². The Labute approximate surface area is 145 Å². The molecule has 3 N–H and O–H groups in total. The molecule has 0 aromatic carbocycles. The van der Waals surface area contributed by atoms with Crippen LogP contribution in [0.5, 0.6) is 0 Å². The largest absolute Gasteiger partial charge is 0.350 e. The van der Waals surface area contributed by atoms with Crippen molar-refractivity contribution in [2.45, 2.75) is 53.4 Å². The molecule has 1 unspecified atom stereocenters. The van der Waals surface area contributed by atoms with E-state index in [4.69, 9.17) is 4.74 Å². The minimum absolute atomic E-state index is 0.0561. The summed E-state index contributed by atoms with van der Waals surface area (Å²) in [6.07, 6.45) is 0.802. The molecule has 0 amide bonds. The summed E-state index contributed by atoms with van der Waals surface area (Å²) < 4.78 is 18.6. The van der Waals surface area contributed by atoms with Crippen molar-refractivity contribution in [3.8, 4) is 0 Å². The second kappa shape index (κ2) is 6.68. The number of aromatic amines is 1. The van der Waals surface area contributed by atoms with E-state index >= 15 is 0 Å². The Morgan fingerprint density at radius 3 is 2.52 bits per heavy atom. The fourth-order valence-electron chi connectivity index (χ4n) is 3.21. The summed E-state index contributed by atoms with van der Waals surface area (Å²) in [7, 11) is -4.33. The van der Waals surface area contributed by atoms with Gasteiger partial charge in [-0.1, -0.05) is 20.8 Å². The van der Waals surface area contributed by atoms with E-state index < -0.39 is 31.2 Å². The number of nitrogens with zero attached hydrogens (tertiary/aromatic N) is 1. The van der Waals surface area contributed by atoms with Gasteiger partial charge in [0.2, 0.25) is 0 Å². The molecule has 2 rings (SSSR count). The lowest BCUT2D eigenvalue weighted by Crippen LogP contribution is -2.33. The maximum Gasteiger partial charge on any atom is 0.349 e. The van der Waals surface area contributed by atoms with Gasteiger partial charge in [0, 0.05) is 17.6 Å². The molecule has 8 nitrogen and oxygen atoms in total. The molecule has 0 bridgehead atoms. The summed E-state index contributed by atoms with van der Waals surface area (Å²) in [6, 6.07) is 0. The van der Waals surface area contributed by atoms with E-state index in [1.807, 2.05) is 20.8 Å². The van der Waals surface area contributed by atoms with Gasteiger partial charge >= 0.3 is 13.3 Å². The average Bonchev–Trinajstić information content (AvgIpc) is 2.86. The van der Waals surface area contributed by atoms with Crippen LogP contribution in [-0.2, 0) is 9.30 Å². The zero-order valence-electron chi connectivity index (χ0n) is 15.0. The lowest BCUT2D eigenvalue weighted by atomic mass is 9.75. The number of hydrogen-bond donors (Lipinski definition) is 3. The number of rotatable bonds is 3. The first-order valence-electron chi connectivity index (χ1n) is 8.01. The molecule has 3 atom stereocenters. The van der Waals surface area contributed by atoms with Gasteiger partial charge in [-0.2, -0.15) is 0 Å². The molecule has 2 heterocycles. The lowest BCUT2D eigenvalue weighted by Gasteiger charge is -2.31. The van der Waals surface area contributed by atoms with Gasteiger partial charge in [0.15, 0.2) is 0 Å². The van der Waals surface area contributed by atoms with Crippen LogP contribution in [0.15, 0.2) is 27.2 Å². The summed E-state index contributed by atoms with van der Waals surface area (Å²) in [5, 5.41) is 0. The minimum Gasteiger partial charge on any atom is -0.350 e. The van der Waals surface area contributed by atoms with Crippen molar-refractivity contribution in [3.05, 3.63) is 44.0 Å². The Kier molecular flexibility index (Phi) is 5.31. The Balaban J connectivity index is 2.45. The van der Waals surface area contributed by atoms with Crippen LogP contribution in [0, 0.1) is 18.3 Å². The van der Waals surface area contributed by atoms with E-state index in [1.165, 1.54) is 10.8 Å². The summed E-state index contributed by atoms with van der Waals surface area (Å²) >= 11 is 0. The van der Waals surface area contributed by atoms with Gasteiger partial charge in [-0.15, -0.1) is 0 Å². The van der Waals surface area contributed by atoms with Crippen molar-refractivity contribution in [2.24, 2.45) is 11.3 Å². The minimum atomic E-state index is -4.33. The summed E-state index contributed by atoms with van der Waals surface area (Å²) in [4.78, 5) is 44.4. The van der Waals surface area contributed by atoms with E-state index in [2.05, 4.69) is 4.98 Å². The summed E-state index contributed by atoms with van der Waals surface area (Å²) in [5.74, 6) is 0.860. The molecule has 1 aromatic heterocycles. The molecule has 0 radical (unpaired) electrons. The molecule has 140 valence electrons. The molecule has 1 saturated heterocycles. The molecule has 0 spiro atoms. The second-order valence-electron chi connectivity index (χ2n) is 7.66. The number of H-pyrrole nitrogens is 1. The van der Waals surface area contributed by atoms with Crippen LogP contribution in [0.3, 0.4) is 0 Å². The average molecular weight is 372 g/mol. The van der Waals surface area contributed by atoms with Crippen LogP contribution in [0.1, 0.15) is 45.9 Å². The number of ether oxygens (including phenoxy) is 1. The van der Waals surface area contributed by atoms with Gasteiger partial charge < -0.3 is 14.5 Å². The Hall–Kier alpha value is -1.47. The third kappa shape index (κ3) is 4.58. The highest BCUT2D eigenvalue weighted by Gasteiger charge is 2.43. The first kappa shape index (κ1) is 19.8. The van der Waals surface area contributed by atoms with Crippen LogP contribution < -0.4 is 11.2 Å². The maximum absolute atomic E-state index is 12.1. The molecule has 0 saturated carbocycles. The normalized spacial score (nSPS) is 25.4. The van der Waals surface area contributed by atoms with Crippen LogP contribution >= 0.6 is 7.60 Å². The molecule has 25 heavy (non-hydrogen) atoms. The molecule has 1 aliphatic rings. The van der Waals surface area contributed by atoms with Crippen molar-refractivity contribution in [1.82, 2.24) is 9.55 Å². The molecule has 0 aliphatic carbocycles. The SMILES string of the molecule is C/C(=C\P(=O)(O)O)[C@H]1O[C@@H](n2cc(C)c(=O)[nH]c2=O)CC1C(C)(C)C. The number of hydrogen-bond acceptors (Lipinski definition) is 4. The third-order valence-corrected chi connectivity index (χ3v) is 5.26. The molecule has 1 fully saturated rings. The number of aromatic nitrogens is 2. The van der Waals surface area contributed by atoms with Crippen LogP contribution in [-0.4, -0.2) is 25.4 Å². The fraction of sp³-hybridized carbons (Fsp3) is 0.625. The summed E-state index contributed by atoms with van der Waals surface area (Å²) in [6.45, 7) is 9.26. The highest BCUT2D eigenvalue weighted by atomic mass is 31.2. The first-order valence-corrected chi connectivity index (χ1v) is 9.70. The Morgan fingerprint density at radius 1 is 1.40 bits per heavy atom. The summed E-state index contributed by atoms with van der Waals surface area (Å²) in [5.41, 5.74) is -0.387. The lowest BCUT2D eigenvalue weighted by molar-refractivity contribution is 0.00288. The fourth-order valence-corrected chi connectivity index (χ4v) is 3.89. The molecular weight excluding hydrogens is 347 g/mol. The van der Waals surface area contributed by atoms with E-state index in [0.29, 0.717) is 17.6 Å². The first-order chi connectivity index (χ1) is 11.3. The van der Waals surface area contributed by atoms with Gasteiger partial charge in [0.25, 0.3) is 5.56 Å². The number of aryl methyl sites for hydroxylation is 1. The highest BCUT2D eigenvalue weighted by Crippen LogP contribution is 2.48. The molecule has 1 aromatic rings. The quantitative estimate of drug-likeness (QED) is 0.697. The van der Waals surface area contributed by atoms with Crippen molar-refractivity contribution in [1.29, 1.82) is 0 Å². The highest BCUT2D eigenvalue weighted by molar-refractivity contribution is 7.55. The van der Waals surface area contributed by atoms with E-state index in [0.717, 1.165) is 5.82 Å². The monoisotopic (exact) mass is 372 g/mol. The topological polar surface area (TPSA) is 122 Å². The molecule has 1 aliphatic heterocycles. The predicted octanol–water partition coefficient (Wildman–Crippen LogP) is 1.88. The zero-order valence-corrected chi connectivity index (χ0v) is 15.9. The van der Waals surface area contributed by atoms with E-state index in [9.17, 15) is 23.9 Å². The van der Waals surface area contributed by atoms with Crippen LogP contribution in [0.25, 0.3) is 0 Å². The van der Waals surface area contributed by atoms with Gasteiger partial charge in [-0.25, -0.2) is 4.79 Å². The second-order valence-corrected chi connectivity index (χ2v) is 9.10. The predicted molar refractivity (Wildman–Crippen MR) is 93.3 cm³/mol. The Bertz CT molecular complexity index is 841. The maximum atomic E-state index is 12.1. The smallest absolute Gasteiger partial charge is 0.349 e. The molecule has 9 heteroatoms. The van der Waals surface area contributed by atoms with Crippen molar-refractivity contribution < 1.29 is 19.1 Å². The van der Waals surface area contributed by atoms with Gasteiger partial charge in [-0.3, -0.25) is 18.9 Å².